The lowest BCUT2D eigenvalue weighted by atomic mass is 9.87. The summed E-state index contributed by atoms with van der Waals surface area (Å²) >= 11 is 0. The molecule has 4 nitrogen and oxygen atoms in total. The SMILES string of the molecule is Cc1cc(N)ccc1OCC(=O)NC1CCC(C)CC1. The largest absolute Gasteiger partial charge is 0.484 e. The van der Waals surface area contributed by atoms with Gasteiger partial charge in [-0.2, -0.15) is 0 Å². The van der Waals surface area contributed by atoms with Gasteiger partial charge in [-0.1, -0.05) is 6.92 Å². The predicted molar refractivity (Wildman–Crippen MR) is 80.6 cm³/mol. The summed E-state index contributed by atoms with van der Waals surface area (Å²) in [5.74, 6) is 1.46. The molecule has 1 aliphatic carbocycles. The number of anilines is 1. The number of benzene rings is 1. The summed E-state index contributed by atoms with van der Waals surface area (Å²) in [6, 6.07) is 5.74. The quantitative estimate of drug-likeness (QED) is 0.831. The van der Waals surface area contributed by atoms with Gasteiger partial charge in [-0.3, -0.25) is 4.79 Å². The summed E-state index contributed by atoms with van der Waals surface area (Å²) in [5.41, 5.74) is 7.34. The monoisotopic (exact) mass is 276 g/mol. The molecular weight excluding hydrogens is 252 g/mol. The molecule has 0 radical (unpaired) electrons. The Morgan fingerprint density at radius 3 is 2.70 bits per heavy atom. The number of carbonyl (C=O) groups excluding carboxylic acids is 1. The van der Waals surface area contributed by atoms with Crippen LogP contribution in [0.15, 0.2) is 18.2 Å². The van der Waals surface area contributed by atoms with Crippen molar-refractivity contribution in [1.82, 2.24) is 5.32 Å². The molecule has 0 aliphatic heterocycles. The summed E-state index contributed by atoms with van der Waals surface area (Å²) < 4.78 is 5.55. The van der Waals surface area contributed by atoms with E-state index in [1.165, 1.54) is 12.8 Å². The van der Waals surface area contributed by atoms with Gasteiger partial charge in [-0.05, 0) is 62.3 Å². The normalized spacial score (nSPS) is 22.3. The van der Waals surface area contributed by atoms with Crippen molar-refractivity contribution in [3.8, 4) is 5.75 Å². The van der Waals surface area contributed by atoms with Gasteiger partial charge < -0.3 is 15.8 Å². The maximum absolute atomic E-state index is 11.9. The van der Waals surface area contributed by atoms with Crippen molar-refractivity contribution >= 4 is 11.6 Å². The Hall–Kier alpha value is -1.71. The molecule has 0 saturated heterocycles. The third-order valence-electron chi connectivity index (χ3n) is 3.94. The summed E-state index contributed by atoms with van der Waals surface area (Å²) in [7, 11) is 0. The molecule has 0 aromatic heterocycles. The molecule has 20 heavy (non-hydrogen) atoms. The van der Waals surface area contributed by atoms with Crippen molar-refractivity contribution in [2.75, 3.05) is 12.3 Å². The van der Waals surface area contributed by atoms with E-state index in [9.17, 15) is 4.79 Å². The lowest BCUT2D eigenvalue weighted by Crippen LogP contribution is -2.39. The van der Waals surface area contributed by atoms with Crippen molar-refractivity contribution in [3.63, 3.8) is 0 Å². The van der Waals surface area contributed by atoms with Gasteiger partial charge in [0, 0.05) is 11.7 Å². The van der Waals surface area contributed by atoms with Gasteiger partial charge in [0.1, 0.15) is 5.75 Å². The minimum Gasteiger partial charge on any atom is -0.484 e. The van der Waals surface area contributed by atoms with Crippen molar-refractivity contribution in [2.24, 2.45) is 5.92 Å². The Kier molecular flexibility index (Phi) is 4.88. The van der Waals surface area contributed by atoms with Gasteiger partial charge >= 0.3 is 0 Å². The van der Waals surface area contributed by atoms with Crippen LogP contribution in [-0.2, 0) is 4.79 Å². The maximum atomic E-state index is 11.9. The van der Waals surface area contributed by atoms with Crippen molar-refractivity contribution in [2.45, 2.75) is 45.6 Å². The molecule has 2 rings (SSSR count). The topological polar surface area (TPSA) is 64.3 Å². The van der Waals surface area contributed by atoms with E-state index in [-0.39, 0.29) is 12.5 Å². The molecule has 0 bridgehead atoms. The highest BCUT2D eigenvalue weighted by atomic mass is 16.5. The van der Waals surface area contributed by atoms with E-state index < -0.39 is 0 Å². The first-order valence-electron chi connectivity index (χ1n) is 7.33. The van der Waals surface area contributed by atoms with E-state index in [0.29, 0.717) is 17.5 Å². The maximum Gasteiger partial charge on any atom is 0.258 e. The van der Waals surface area contributed by atoms with Crippen molar-refractivity contribution in [1.29, 1.82) is 0 Å². The van der Waals surface area contributed by atoms with Crippen LogP contribution < -0.4 is 15.8 Å². The summed E-state index contributed by atoms with van der Waals surface area (Å²) in [4.78, 5) is 11.9. The number of aryl methyl sites for hydroxylation is 1. The average molecular weight is 276 g/mol. The summed E-state index contributed by atoms with van der Waals surface area (Å²) in [5, 5.41) is 3.05. The fourth-order valence-electron chi connectivity index (χ4n) is 2.65. The van der Waals surface area contributed by atoms with Crippen LogP contribution in [0.4, 0.5) is 5.69 Å². The number of nitrogens with one attached hydrogen (secondary N) is 1. The van der Waals surface area contributed by atoms with Crippen LogP contribution in [0.3, 0.4) is 0 Å². The molecule has 0 spiro atoms. The zero-order chi connectivity index (χ0) is 14.5. The second-order valence-corrected chi connectivity index (χ2v) is 5.84. The minimum absolute atomic E-state index is 0.0409. The zero-order valence-corrected chi connectivity index (χ0v) is 12.3. The van der Waals surface area contributed by atoms with Crippen LogP contribution in [0.5, 0.6) is 5.75 Å². The Morgan fingerprint density at radius 1 is 1.35 bits per heavy atom. The van der Waals surface area contributed by atoms with Crippen LogP contribution in [-0.4, -0.2) is 18.6 Å². The standard InChI is InChI=1S/C16H24N2O2/c1-11-3-6-14(7-4-11)18-16(19)10-20-15-8-5-13(17)9-12(15)2/h5,8-9,11,14H,3-4,6-7,10,17H2,1-2H3,(H,18,19). The predicted octanol–water partition coefficient (Wildman–Crippen LogP) is 2.65. The van der Waals surface area contributed by atoms with E-state index in [0.717, 1.165) is 24.3 Å². The highest BCUT2D eigenvalue weighted by Crippen LogP contribution is 2.23. The fraction of sp³-hybridized carbons (Fsp3) is 0.562. The zero-order valence-electron chi connectivity index (χ0n) is 12.3. The smallest absolute Gasteiger partial charge is 0.258 e. The first-order valence-corrected chi connectivity index (χ1v) is 7.33. The van der Waals surface area contributed by atoms with Crippen LogP contribution >= 0.6 is 0 Å². The molecule has 0 heterocycles. The molecule has 1 saturated carbocycles. The number of nitrogens with two attached hydrogens (primary N) is 1. The number of hydrogen-bond donors (Lipinski definition) is 2. The van der Waals surface area contributed by atoms with Gasteiger partial charge in [0.05, 0.1) is 0 Å². The third-order valence-corrected chi connectivity index (χ3v) is 3.94. The third kappa shape index (κ3) is 4.15. The lowest BCUT2D eigenvalue weighted by molar-refractivity contribution is -0.124. The summed E-state index contributed by atoms with van der Waals surface area (Å²) in [6.45, 7) is 4.26. The van der Waals surface area contributed by atoms with E-state index in [1.54, 1.807) is 12.1 Å². The molecule has 1 fully saturated rings. The molecule has 1 aliphatic rings. The van der Waals surface area contributed by atoms with Gasteiger partial charge in [0.2, 0.25) is 0 Å². The number of amides is 1. The first-order chi connectivity index (χ1) is 9.54. The number of carbonyl (C=O) groups is 1. The second-order valence-electron chi connectivity index (χ2n) is 5.84. The van der Waals surface area contributed by atoms with Gasteiger partial charge in [-0.15, -0.1) is 0 Å². The van der Waals surface area contributed by atoms with Crippen LogP contribution in [0.25, 0.3) is 0 Å². The van der Waals surface area contributed by atoms with E-state index in [4.69, 9.17) is 10.5 Å². The molecule has 1 aromatic rings. The molecule has 1 amide bonds. The Balaban J connectivity index is 1.77. The van der Waals surface area contributed by atoms with E-state index in [1.807, 2.05) is 13.0 Å². The number of ether oxygens (including phenoxy) is 1. The van der Waals surface area contributed by atoms with Crippen molar-refractivity contribution < 1.29 is 9.53 Å². The molecule has 3 N–H and O–H groups in total. The van der Waals surface area contributed by atoms with Crippen molar-refractivity contribution in [3.05, 3.63) is 23.8 Å². The minimum atomic E-state index is -0.0409. The molecule has 0 unspecified atom stereocenters. The number of hydrogen-bond acceptors (Lipinski definition) is 3. The number of nitrogen functional groups attached to an aromatic ring is 1. The van der Waals surface area contributed by atoms with E-state index in [2.05, 4.69) is 12.2 Å². The Labute approximate surface area is 120 Å². The Bertz CT molecular complexity index is 466. The molecule has 110 valence electrons. The first kappa shape index (κ1) is 14.7. The lowest BCUT2D eigenvalue weighted by Gasteiger charge is -2.26. The Morgan fingerprint density at radius 2 is 2.05 bits per heavy atom. The van der Waals surface area contributed by atoms with Crippen LogP contribution in [0.2, 0.25) is 0 Å². The second kappa shape index (κ2) is 6.64. The highest BCUT2D eigenvalue weighted by Gasteiger charge is 2.19. The van der Waals surface area contributed by atoms with Crippen LogP contribution in [0, 0.1) is 12.8 Å². The van der Waals surface area contributed by atoms with Gasteiger partial charge in [-0.25, -0.2) is 0 Å². The molecular formula is C16H24N2O2. The average Bonchev–Trinajstić information content (AvgIpc) is 2.40. The fourth-order valence-corrected chi connectivity index (χ4v) is 2.65. The number of rotatable bonds is 4. The van der Waals surface area contributed by atoms with E-state index >= 15 is 0 Å². The highest BCUT2D eigenvalue weighted by molar-refractivity contribution is 5.77. The molecule has 0 atom stereocenters. The van der Waals surface area contributed by atoms with Gasteiger partial charge in [0.25, 0.3) is 5.91 Å². The van der Waals surface area contributed by atoms with Gasteiger partial charge in [0.15, 0.2) is 6.61 Å². The summed E-state index contributed by atoms with van der Waals surface area (Å²) in [6.07, 6.45) is 4.55. The molecule has 1 aromatic carbocycles. The molecule has 4 heteroatoms. The van der Waals surface area contributed by atoms with Crippen LogP contribution in [0.1, 0.15) is 38.2 Å².